The van der Waals surface area contributed by atoms with Gasteiger partial charge in [-0.15, -0.1) is 11.3 Å². The lowest BCUT2D eigenvalue weighted by Crippen LogP contribution is -2.00. The molecule has 0 aliphatic rings. The molecule has 0 radical (unpaired) electrons. The summed E-state index contributed by atoms with van der Waals surface area (Å²) < 4.78 is 38.8. The lowest BCUT2D eigenvalue weighted by atomic mass is 10.2. The molecule has 31 heavy (non-hydrogen) atoms. The zero-order valence-corrected chi connectivity index (χ0v) is 18.2. The number of anilines is 1. The van der Waals surface area contributed by atoms with E-state index in [2.05, 4.69) is 15.2 Å². The molecule has 1 aromatic heterocycles. The van der Waals surface area contributed by atoms with Crippen molar-refractivity contribution in [3.63, 3.8) is 0 Å². The Morgan fingerprint density at radius 2 is 1.71 bits per heavy atom. The fourth-order valence-electron chi connectivity index (χ4n) is 3.06. The van der Waals surface area contributed by atoms with Crippen molar-refractivity contribution in [1.29, 1.82) is 0 Å². The van der Waals surface area contributed by atoms with E-state index in [0.717, 1.165) is 5.56 Å². The van der Waals surface area contributed by atoms with E-state index in [1.807, 2.05) is 12.1 Å². The maximum absolute atomic E-state index is 11.8. The van der Waals surface area contributed by atoms with Crippen molar-refractivity contribution in [2.75, 3.05) is 12.8 Å². The van der Waals surface area contributed by atoms with E-state index >= 15 is 0 Å². The van der Waals surface area contributed by atoms with Crippen molar-refractivity contribution in [2.45, 2.75) is 11.8 Å². The van der Waals surface area contributed by atoms with Crippen LogP contribution in [-0.2, 0) is 10.1 Å². The van der Waals surface area contributed by atoms with Crippen LogP contribution in [0.4, 0.5) is 17.1 Å². The average Bonchev–Trinajstić information content (AvgIpc) is 3.16. The molecule has 0 fully saturated rings. The van der Waals surface area contributed by atoms with Gasteiger partial charge in [-0.05, 0) is 55.0 Å². The summed E-state index contributed by atoms with van der Waals surface area (Å²) in [5.74, 6) is 0.530. The van der Waals surface area contributed by atoms with Gasteiger partial charge in [0.15, 0.2) is 0 Å². The number of nitrogens with zero attached hydrogens (tertiary/aromatic N) is 3. The van der Waals surface area contributed by atoms with Crippen molar-refractivity contribution < 1.29 is 17.7 Å². The molecule has 0 atom stereocenters. The Morgan fingerprint density at radius 3 is 2.39 bits per heavy atom. The number of rotatable bonds is 5. The monoisotopic (exact) mass is 454 g/mol. The third-order valence-corrected chi connectivity index (χ3v) is 6.89. The summed E-state index contributed by atoms with van der Waals surface area (Å²) in [6.45, 7) is 1.64. The van der Waals surface area contributed by atoms with E-state index in [4.69, 9.17) is 10.5 Å². The van der Waals surface area contributed by atoms with Crippen LogP contribution in [0.25, 0.3) is 20.8 Å². The standard InChI is InChI=1S/C21H18N4O4S2/c1-12-3-10-17-19(20(12)31(26,27)28)30-21(23-17)13-4-6-14(7-5-13)24-25-15-8-9-16(22)18(11-15)29-2/h3-11H,22H2,1-2H3,(H,26,27,28). The summed E-state index contributed by atoms with van der Waals surface area (Å²) in [4.78, 5) is 4.41. The lowest BCUT2D eigenvalue weighted by molar-refractivity contribution is 0.417. The normalized spacial score (nSPS) is 12.0. The quantitative estimate of drug-likeness (QED) is 0.232. The van der Waals surface area contributed by atoms with Gasteiger partial charge >= 0.3 is 0 Å². The van der Waals surface area contributed by atoms with Gasteiger partial charge in [0.1, 0.15) is 15.7 Å². The van der Waals surface area contributed by atoms with Crippen LogP contribution < -0.4 is 10.5 Å². The maximum atomic E-state index is 11.8. The average molecular weight is 455 g/mol. The van der Waals surface area contributed by atoms with Crippen LogP contribution in [0.15, 0.2) is 69.7 Å². The number of nitrogen functional groups attached to an aromatic ring is 1. The van der Waals surface area contributed by atoms with Crippen molar-refractivity contribution >= 4 is 48.7 Å². The molecule has 0 aliphatic heterocycles. The number of nitrogens with two attached hydrogens (primary N) is 1. The first-order valence-electron chi connectivity index (χ1n) is 9.09. The first-order valence-corrected chi connectivity index (χ1v) is 11.4. The highest BCUT2D eigenvalue weighted by Crippen LogP contribution is 2.36. The van der Waals surface area contributed by atoms with E-state index in [1.165, 1.54) is 18.4 Å². The summed E-state index contributed by atoms with van der Waals surface area (Å²) in [5.41, 5.74) is 9.35. The minimum atomic E-state index is -4.35. The molecule has 0 bridgehead atoms. The topological polar surface area (TPSA) is 127 Å². The molecule has 0 amide bonds. The summed E-state index contributed by atoms with van der Waals surface area (Å²) in [6.07, 6.45) is 0. The molecule has 0 aliphatic carbocycles. The van der Waals surface area contributed by atoms with Crippen LogP contribution in [0.3, 0.4) is 0 Å². The Kier molecular flexibility index (Phi) is 5.44. The van der Waals surface area contributed by atoms with Crippen LogP contribution in [0.1, 0.15) is 5.56 Å². The first kappa shape index (κ1) is 20.9. The molecule has 158 valence electrons. The van der Waals surface area contributed by atoms with E-state index in [-0.39, 0.29) is 4.90 Å². The Labute approximate surface area is 182 Å². The molecule has 0 spiro atoms. The molecular formula is C21H18N4O4S2. The fourth-order valence-corrected chi connectivity index (χ4v) is 5.38. The van der Waals surface area contributed by atoms with Crippen LogP contribution in [0.2, 0.25) is 0 Å². The highest BCUT2D eigenvalue weighted by Gasteiger charge is 2.20. The second-order valence-electron chi connectivity index (χ2n) is 6.73. The van der Waals surface area contributed by atoms with Crippen molar-refractivity contribution in [2.24, 2.45) is 10.2 Å². The molecule has 0 saturated carbocycles. The number of hydrogen-bond acceptors (Lipinski definition) is 8. The van der Waals surface area contributed by atoms with Gasteiger partial charge in [-0.2, -0.15) is 18.6 Å². The zero-order chi connectivity index (χ0) is 22.2. The Morgan fingerprint density at radius 1 is 1.03 bits per heavy atom. The number of methoxy groups -OCH3 is 1. The highest BCUT2D eigenvalue weighted by molar-refractivity contribution is 7.86. The molecule has 4 rings (SSSR count). The van der Waals surface area contributed by atoms with Crippen LogP contribution in [0.5, 0.6) is 5.75 Å². The number of benzene rings is 3. The molecular weight excluding hydrogens is 436 g/mol. The minimum Gasteiger partial charge on any atom is -0.495 e. The highest BCUT2D eigenvalue weighted by atomic mass is 32.2. The third kappa shape index (κ3) is 4.26. The largest absolute Gasteiger partial charge is 0.495 e. The second-order valence-corrected chi connectivity index (χ2v) is 9.08. The Bertz CT molecular complexity index is 1410. The predicted molar refractivity (Wildman–Crippen MR) is 121 cm³/mol. The Balaban J connectivity index is 1.63. The number of aryl methyl sites for hydroxylation is 1. The fraction of sp³-hybridized carbons (Fsp3) is 0.0952. The molecule has 0 unspecified atom stereocenters. The smallest absolute Gasteiger partial charge is 0.296 e. The van der Waals surface area contributed by atoms with Gasteiger partial charge in [0.05, 0.1) is 34.4 Å². The molecule has 8 nitrogen and oxygen atoms in total. The molecule has 3 N–H and O–H groups in total. The summed E-state index contributed by atoms with van der Waals surface area (Å²) in [5, 5.41) is 9.05. The van der Waals surface area contributed by atoms with Crippen molar-refractivity contribution in [1.82, 2.24) is 4.98 Å². The minimum absolute atomic E-state index is 0.0990. The second kappa shape index (κ2) is 8.06. The lowest BCUT2D eigenvalue weighted by Gasteiger charge is -2.03. The van der Waals surface area contributed by atoms with Crippen molar-refractivity contribution in [3.8, 4) is 16.3 Å². The molecule has 0 saturated heterocycles. The van der Waals surface area contributed by atoms with Crippen LogP contribution >= 0.6 is 11.3 Å². The summed E-state index contributed by atoms with van der Waals surface area (Å²) >= 11 is 1.21. The van der Waals surface area contributed by atoms with Gasteiger partial charge in [0, 0.05) is 11.6 Å². The van der Waals surface area contributed by atoms with Crippen molar-refractivity contribution in [3.05, 3.63) is 60.2 Å². The molecule has 10 heteroatoms. The number of aromatic nitrogens is 1. The molecule has 3 aromatic carbocycles. The summed E-state index contributed by atoms with van der Waals surface area (Å²) in [6, 6.07) is 15.7. The Hall–Kier alpha value is -3.34. The van der Waals surface area contributed by atoms with E-state index in [9.17, 15) is 13.0 Å². The molecule has 4 aromatic rings. The van der Waals surface area contributed by atoms with Gasteiger partial charge in [-0.25, -0.2) is 4.98 Å². The van der Waals surface area contributed by atoms with Crippen LogP contribution in [-0.4, -0.2) is 25.1 Å². The number of ether oxygens (including phenoxy) is 1. The zero-order valence-electron chi connectivity index (χ0n) is 16.6. The summed E-state index contributed by atoms with van der Waals surface area (Å²) in [7, 11) is -2.82. The number of thiazole rings is 1. The predicted octanol–water partition coefficient (Wildman–Crippen LogP) is 5.52. The van der Waals surface area contributed by atoms with Gasteiger partial charge < -0.3 is 10.5 Å². The van der Waals surface area contributed by atoms with Crippen LogP contribution in [0, 0.1) is 6.92 Å². The first-order chi connectivity index (χ1) is 14.8. The molecule has 1 heterocycles. The number of hydrogen-bond donors (Lipinski definition) is 2. The van der Waals surface area contributed by atoms with Gasteiger partial charge in [0.2, 0.25) is 0 Å². The van der Waals surface area contributed by atoms with E-state index in [1.54, 1.807) is 49.4 Å². The number of fused-ring (bicyclic) bond motifs is 1. The van der Waals surface area contributed by atoms with Gasteiger partial charge in [0.25, 0.3) is 10.1 Å². The number of azo groups is 1. The van der Waals surface area contributed by atoms with E-state index in [0.29, 0.717) is 43.6 Å². The van der Waals surface area contributed by atoms with Gasteiger partial charge in [-0.3, -0.25) is 4.55 Å². The van der Waals surface area contributed by atoms with Gasteiger partial charge in [-0.1, -0.05) is 6.07 Å². The SMILES string of the molecule is COc1cc(N=Nc2ccc(-c3nc4ccc(C)c(S(=O)(=O)O)c4s3)cc2)ccc1N. The van der Waals surface area contributed by atoms with E-state index < -0.39 is 10.1 Å². The maximum Gasteiger partial charge on any atom is 0.296 e. The third-order valence-electron chi connectivity index (χ3n) is 4.58.